The Hall–Kier alpha value is -1.09. The van der Waals surface area contributed by atoms with Gasteiger partial charge in [0.15, 0.2) is 0 Å². The van der Waals surface area contributed by atoms with Gasteiger partial charge < -0.3 is 0 Å². The van der Waals surface area contributed by atoms with Crippen LogP contribution in [0.1, 0.15) is 20.8 Å². The fourth-order valence-corrected chi connectivity index (χ4v) is 0.662. The second kappa shape index (κ2) is 4.68. The maximum atomic E-state index is 10.9. The number of nitrogens with two attached hydrogens (primary N) is 1. The van der Waals surface area contributed by atoms with Crippen LogP contribution < -0.4 is 11.3 Å². The van der Waals surface area contributed by atoms with Crippen molar-refractivity contribution in [1.82, 2.24) is 5.43 Å². The van der Waals surface area contributed by atoms with Crippen LogP contribution >= 0.6 is 0 Å². The van der Waals surface area contributed by atoms with Crippen LogP contribution in [0.2, 0.25) is 0 Å². The highest BCUT2D eigenvalue weighted by Crippen LogP contribution is 2.03. The number of carbonyl (C=O) groups excluding carboxylic acids is 1. The lowest BCUT2D eigenvalue weighted by molar-refractivity contribution is -0.117. The molecule has 0 unspecified atom stereocenters. The van der Waals surface area contributed by atoms with Gasteiger partial charge >= 0.3 is 0 Å². The van der Waals surface area contributed by atoms with E-state index in [2.05, 4.69) is 5.43 Å². The number of rotatable bonds is 2. The molecule has 0 radical (unpaired) electrons. The Morgan fingerprint density at radius 1 is 1.45 bits per heavy atom. The predicted octanol–water partition coefficient (Wildman–Crippen LogP) is 0.889. The van der Waals surface area contributed by atoms with Crippen LogP contribution in [0.15, 0.2) is 23.3 Å². The molecule has 0 aliphatic heterocycles. The highest BCUT2D eigenvalue weighted by atomic mass is 16.2. The summed E-state index contributed by atoms with van der Waals surface area (Å²) in [6.45, 7) is 5.50. The number of hydrazine groups is 1. The summed E-state index contributed by atoms with van der Waals surface area (Å²) in [7, 11) is 0. The van der Waals surface area contributed by atoms with E-state index < -0.39 is 0 Å². The van der Waals surface area contributed by atoms with Crippen LogP contribution in [0.5, 0.6) is 0 Å². The average Bonchev–Trinajstić information content (AvgIpc) is 2.02. The van der Waals surface area contributed by atoms with Crippen LogP contribution in [0.4, 0.5) is 0 Å². The summed E-state index contributed by atoms with van der Waals surface area (Å²) in [4.78, 5) is 10.9. The van der Waals surface area contributed by atoms with Gasteiger partial charge in [-0.25, -0.2) is 5.84 Å². The molecule has 0 rings (SSSR count). The summed E-state index contributed by atoms with van der Waals surface area (Å²) < 4.78 is 0. The first-order valence-corrected chi connectivity index (χ1v) is 3.44. The molecule has 3 heteroatoms. The van der Waals surface area contributed by atoms with Gasteiger partial charge in [-0.05, 0) is 26.3 Å². The van der Waals surface area contributed by atoms with Gasteiger partial charge in [-0.1, -0.05) is 12.2 Å². The molecule has 0 aromatic rings. The summed E-state index contributed by atoms with van der Waals surface area (Å²) in [6, 6.07) is 0. The molecule has 3 N–H and O–H groups in total. The molecule has 0 atom stereocenters. The van der Waals surface area contributed by atoms with E-state index in [-0.39, 0.29) is 5.91 Å². The lowest BCUT2D eigenvalue weighted by Gasteiger charge is -2.00. The van der Waals surface area contributed by atoms with Crippen molar-refractivity contribution in [2.45, 2.75) is 20.8 Å². The number of amides is 1. The van der Waals surface area contributed by atoms with Crippen molar-refractivity contribution in [3.05, 3.63) is 23.3 Å². The Kier molecular flexibility index (Phi) is 4.22. The monoisotopic (exact) mass is 154 g/mol. The topological polar surface area (TPSA) is 55.1 Å². The molecule has 0 aliphatic rings. The standard InChI is InChI=1S/C8H14N2O/c1-4-5-6(2)7(3)8(11)10-9/h4-5H,9H2,1-3H3,(H,10,11)/b5-4-,7-6?. The van der Waals surface area contributed by atoms with Crippen LogP contribution in [0, 0.1) is 0 Å². The second-order valence-electron chi connectivity index (χ2n) is 2.28. The molecular weight excluding hydrogens is 140 g/mol. The molecule has 11 heavy (non-hydrogen) atoms. The number of hydrogen-bond donors (Lipinski definition) is 2. The van der Waals surface area contributed by atoms with Crippen molar-refractivity contribution in [2.75, 3.05) is 0 Å². The Morgan fingerprint density at radius 3 is 2.36 bits per heavy atom. The van der Waals surface area contributed by atoms with Gasteiger partial charge in [0.1, 0.15) is 0 Å². The molecule has 0 fully saturated rings. The third kappa shape index (κ3) is 3.00. The van der Waals surface area contributed by atoms with Crippen LogP contribution in [0.3, 0.4) is 0 Å². The summed E-state index contributed by atoms with van der Waals surface area (Å²) >= 11 is 0. The van der Waals surface area contributed by atoms with E-state index >= 15 is 0 Å². The number of allylic oxidation sites excluding steroid dienone is 3. The number of hydrogen-bond acceptors (Lipinski definition) is 2. The summed E-state index contributed by atoms with van der Waals surface area (Å²) in [5.41, 5.74) is 3.64. The molecule has 0 heterocycles. The van der Waals surface area contributed by atoms with Gasteiger partial charge in [0.2, 0.25) is 0 Å². The normalized spacial score (nSPS) is 13.1. The van der Waals surface area contributed by atoms with E-state index in [0.29, 0.717) is 5.57 Å². The summed E-state index contributed by atoms with van der Waals surface area (Å²) in [6.07, 6.45) is 3.74. The maximum absolute atomic E-state index is 10.9. The molecule has 62 valence electrons. The number of nitrogens with one attached hydrogen (secondary N) is 1. The quantitative estimate of drug-likeness (QED) is 0.204. The van der Waals surface area contributed by atoms with Gasteiger partial charge in [-0.2, -0.15) is 0 Å². The van der Waals surface area contributed by atoms with E-state index in [4.69, 9.17) is 5.84 Å². The van der Waals surface area contributed by atoms with Crippen molar-refractivity contribution in [1.29, 1.82) is 0 Å². The fourth-order valence-electron chi connectivity index (χ4n) is 0.662. The zero-order valence-electron chi connectivity index (χ0n) is 7.14. The van der Waals surface area contributed by atoms with E-state index in [1.165, 1.54) is 0 Å². The SMILES string of the molecule is C/C=C\C(C)=C(C)C(=O)NN. The Morgan fingerprint density at radius 2 is 2.00 bits per heavy atom. The van der Waals surface area contributed by atoms with Crippen molar-refractivity contribution in [2.24, 2.45) is 5.84 Å². The van der Waals surface area contributed by atoms with E-state index in [1.54, 1.807) is 6.92 Å². The Balaban J connectivity index is 4.51. The van der Waals surface area contributed by atoms with E-state index in [0.717, 1.165) is 5.57 Å². The molecule has 0 saturated carbocycles. The minimum absolute atomic E-state index is 0.236. The molecule has 0 aliphatic carbocycles. The van der Waals surface area contributed by atoms with Gasteiger partial charge in [-0.15, -0.1) is 0 Å². The Labute approximate surface area is 66.9 Å². The first-order chi connectivity index (χ1) is 5.13. The molecule has 0 saturated heterocycles. The maximum Gasteiger partial charge on any atom is 0.261 e. The highest BCUT2D eigenvalue weighted by molar-refractivity contribution is 5.93. The minimum atomic E-state index is -0.236. The average molecular weight is 154 g/mol. The van der Waals surface area contributed by atoms with Gasteiger partial charge in [0.25, 0.3) is 5.91 Å². The van der Waals surface area contributed by atoms with E-state index in [9.17, 15) is 4.79 Å². The van der Waals surface area contributed by atoms with Crippen molar-refractivity contribution < 1.29 is 4.79 Å². The minimum Gasteiger partial charge on any atom is -0.290 e. The van der Waals surface area contributed by atoms with Crippen LogP contribution in [0.25, 0.3) is 0 Å². The highest BCUT2D eigenvalue weighted by Gasteiger charge is 2.02. The lowest BCUT2D eigenvalue weighted by Crippen LogP contribution is -2.31. The first kappa shape index (κ1) is 9.91. The predicted molar refractivity (Wildman–Crippen MR) is 45.5 cm³/mol. The molecule has 1 amide bonds. The Bertz CT molecular complexity index is 204. The molecule has 0 aromatic carbocycles. The lowest BCUT2D eigenvalue weighted by atomic mass is 10.1. The largest absolute Gasteiger partial charge is 0.290 e. The number of carbonyl (C=O) groups is 1. The van der Waals surface area contributed by atoms with Crippen molar-refractivity contribution >= 4 is 5.91 Å². The molecule has 0 aromatic heterocycles. The van der Waals surface area contributed by atoms with Crippen LogP contribution in [-0.2, 0) is 4.79 Å². The van der Waals surface area contributed by atoms with Crippen molar-refractivity contribution in [3.63, 3.8) is 0 Å². The smallest absolute Gasteiger partial charge is 0.261 e. The van der Waals surface area contributed by atoms with Crippen LogP contribution in [-0.4, -0.2) is 5.91 Å². The van der Waals surface area contributed by atoms with Crippen molar-refractivity contribution in [3.8, 4) is 0 Å². The van der Waals surface area contributed by atoms with Gasteiger partial charge in [0.05, 0.1) is 0 Å². The zero-order chi connectivity index (χ0) is 8.85. The molecule has 0 bridgehead atoms. The van der Waals surface area contributed by atoms with Gasteiger partial charge in [-0.3, -0.25) is 10.2 Å². The van der Waals surface area contributed by atoms with E-state index in [1.807, 2.05) is 26.0 Å². The summed E-state index contributed by atoms with van der Waals surface area (Å²) in [5, 5.41) is 0. The first-order valence-electron chi connectivity index (χ1n) is 3.44. The molecular formula is C8H14N2O. The fraction of sp³-hybridized carbons (Fsp3) is 0.375. The third-order valence-electron chi connectivity index (χ3n) is 1.48. The second-order valence-corrected chi connectivity index (χ2v) is 2.28. The zero-order valence-corrected chi connectivity index (χ0v) is 7.14. The third-order valence-corrected chi connectivity index (χ3v) is 1.48. The molecule has 3 nitrogen and oxygen atoms in total. The van der Waals surface area contributed by atoms with Gasteiger partial charge in [0, 0.05) is 5.57 Å². The summed E-state index contributed by atoms with van der Waals surface area (Å²) in [5.74, 6) is 4.71. The molecule has 0 spiro atoms.